The van der Waals surface area contributed by atoms with Crippen molar-refractivity contribution in [2.24, 2.45) is 0 Å². The Morgan fingerprint density at radius 3 is 2.86 bits per heavy atom. The van der Waals surface area contributed by atoms with Crippen molar-refractivity contribution >= 4 is 0 Å². The van der Waals surface area contributed by atoms with Gasteiger partial charge in [0, 0.05) is 6.42 Å². The molecule has 1 aliphatic heterocycles. The summed E-state index contributed by atoms with van der Waals surface area (Å²) in [5, 5.41) is 0. The lowest BCUT2D eigenvalue weighted by Crippen LogP contribution is -2.03. The molecular weight excluding hydrogens is 95.1 g/mol. The molecule has 0 aliphatic carbocycles. The largest absolute Gasteiger partial charge is 0.468 e. The zero-order valence-corrected chi connectivity index (χ0v) is 3.93. The van der Waals surface area contributed by atoms with Crippen molar-refractivity contribution in [3.63, 3.8) is 0 Å². The molecule has 1 rings (SSSR count). The van der Waals surface area contributed by atoms with E-state index in [0.29, 0.717) is 6.42 Å². The minimum Gasteiger partial charge on any atom is -0.468 e. The molecule has 0 aromatic carbocycles. The normalized spacial score (nSPS) is 29.6. The SMILES string of the molecule is FC1CCC=CO1. The van der Waals surface area contributed by atoms with E-state index in [9.17, 15) is 4.39 Å². The van der Waals surface area contributed by atoms with Crippen LogP contribution in [0.3, 0.4) is 0 Å². The van der Waals surface area contributed by atoms with E-state index in [4.69, 9.17) is 0 Å². The minimum absolute atomic E-state index is 0.510. The summed E-state index contributed by atoms with van der Waals surface area (Å²) in [5.41, 5.74) is 0. The maximum absolute atomic E-state index is 11.9. The summed E-state index contributed by atoms with van der Waals surface area (Å²) in [6, 6.07) is 0. The van der Waals surface area contributed by atoms with Gasteiger partial charge >= 0.3 is 0 Å². The molecule has 0 aromatic rings. The van der Waals surface area contributed by atoms with E-state index in [-0.39, 0.29) is 0 Å². The number of rotatable bonds is 0. The van der Waals surface area contributed by atoms with Gasteiger partial charge < -0.3 is 4.74 Å². The molecule has 0 bridgehead atoms. The third-order valence-electron chi connectivity index (χ3n) is 0.883. The van der Waals surface area contributed by atoms with Crippen LogP contribution in [0.1, 0.15) is 12.8 Å². The van der Waals surface area contributed by atoms with E-state index < -0.39 is 6.36 Å². The first kappa shape index (κ1) is 4.62. The number of hydrogen-bond acceptors (Lipinski definition) is 1. The molecule has 0 aromatic heterocycles. The highest BCUT2D eigenvalue weighted by Crippen LogP contribution is 2.09. The molecular formula is C5H7FO. The van der Waals surface area contributed by atoms with Crippen molar-refractivity contribution in [2.75, 3.05) is 0 Å². The molecule has 1 unspecified atom stereocenters. The summed E-state index contributed by atoms with van der Waals surface area (Å²) in [5.74, 6) is 0. The van der Waals surface area contributed by atoms with Gasteiger partial charge in [-0.2, -0.15) is 0 Å². The van der Waals surface area contributed by atoms with Crippen molar-refractivity contribution in [1.82, 2.24) is 0 Å². The highest BCUT2D eigenvalue weighted by Gasteiger charge is 2.05. The first-order chi connectivity index (χ1) is 3.39. The molecule has 0 saturated heterocycles. The van der Waals surface area contributed by atoms with E-state index in [1.807, 2.05) is 6.08 Å². The van der Waals surface area contributed by atoms with Crippen molar-refractivity contribution < 1.29 is 9.13 Å². The Labute approximate surface area is 41.8 Å². The van der Waals surface area contributed by atoms with Crippen LogP contribution in [-0.4, -0.2) is 6.36 Å². The molecule has 0 radical (unpaired) electrons. The standard InChI is InChI=1S/C5H7FO/c6-5-3-1-2-4-7-5/h2,4-5H,1,3H2. The van der Waals surface area contributed by atoms with Crippen LogP contribution in [0.5, 0.6) is 0 Å². The number of ether oxygens (including phenoxy) is 1. The van der Waals surface area contributed by atoms with Gasteiger partial charge in [0.2, 0.25) is 6.36 Å². The smallest absolute Gasteiger partial charge is 0.237 e. The van der Waals surface area contributed by atoms with Crippen molar-refractivity contribution in [3.8, 4) is 0 Å². The summed E-state index contributed by atoms with van der Waals surface area (Å²) in [6.45, 7) is 0. The van der Waals surface area contributed by atoms with Crippen LogP contribution in [0.2, 0.25) is 0 Å². The van der Waals surface area contributed by atoms with Gasteiger partial charge in [-0.05, 0) is 12.5 Å². The number of alkyl halides is 1. The summed E-state index contributed by atoms with van der Waals surface area (Å²) >= 11 is 0. The summed E-state index contributed by atoms with van der Waals surface area (Å²) in [4.78, 5) is 0. The van der Waals surface area contributed by atoms with Gasteiger partial charge in [0.05, 0.1) is 6.26 Å². The number of halogens is 1. The average molecular weight is 102 g/mol. The second kappa shape index (κ2) is 1.96. The molecule has 1 atom stereocenters. The van der Waals surface area contributed by atoms with E-state index >= 15 is 0 Å². The Kier molecular flexibility index (Phi) is 1.29. The summed E-state index contributed by atoms with van der Waals surface area (Å²) < 4.78 is 16.3. The average Bonchev–Trinajstić information content (AvgIpc) is 1.69. The van der Waals surface area contributed by atoms with Gasteiger partial charge in [0.25, 0.3) is 0 Å². The summed E-state index contributed by atoms with van der Waals surface area (Å²) in [7, 11) is 0. The predicted molar refractivity (Wildman–Crippen MR) is 24.4 cm³/mol. The third-order valence-corrected chi connectivity index (χ3v) is 0.883. The first-order valence-electron chi connectivity index (χ1n) is 2.34. The molecule has 0 spiro atoms. The van der Waals surface area contributed by atoms with E-state index in [1.165, 1.54) is 6.26 Å². The van der Waals surface area contributed by atoms with Crippen molar-refractivity contribution in [2.45, 2.75) is 19.2 Å². The molecule has 40 valence electrons. The Hall–Kier alpha value is -0.530. The zero-order chi connectivity index (χ0) is 5.11. The van der Waals surface area contributed by atoms with Crippen LogP contribution in [-0.2, 0) is 4.74 Å². The maximum atomic E-state index is 11.9. The minimum atomic E-state index is -1.05. The van der Waals surface area contributed by atoms with Gasteiger partial charge in [-0.25, -0.2) is 4.39 Å². The topological polar surface area (TPSA) is 9.23 Å². The molecule has 7 heavy (non-hydrogen) atoms. The monoisotopic (exact) mass is 102 g/mol. The molecule has 0 N–H and O–H groups in total. The van der Waals surface area contributed by atoms with Crippen LogP contribution in [0, 0.1) is 0 Å². The van der Waals surface area contributed by atoms with Crippen LogP contribution in [0.25, 0.3) is 0 Å². The molecule has 0 amide bonds. The molecule has 2 heteroatoms. The molecule has 1 aliphatic rings. The first-order valence-corrected chi connectivity index (χ1v) is 2.34. The van der Waals surface area contributed by atoms with Crippen LogP contribution in [0.4, 0.5) is 4.39 Å². The lowest BCUT2D eigenvalue weighted by molar-refractivity contribution is 0.00983. The van der Waals surface area contributed by atoms with Gasteiger partial charge in [0.1, 0.15) is 0 Å². The Bertz CT molecular complexity index is 80.1. The molecule has 1 heterocycles. The van der Waals surface area contributed by atoms with Gasteiger partial charge in [-0.15, -0.1) is 0 Å². The van der Waals surface area contributed by atoms with E-state index in [1.54, 1.807) is 0 Å². The highest BCUT2D eigenvalue weighted by atomic mass is 19.1. The predicted octanol–water partition coefficient (Wildman–Crippen LogP) is 1.61. The van der Waals surface area contributed by atoms with Crippen LogP contribution in [0.15, 0.2) is 12.3 Å². The van der Waals surface area contributed by atoms with Gasteiger partial charge in [0.15, 0.2) is 0 Å². The van der Waals surface area contributed by atoms with E-state index in [2.05, 4.69) is 4.74 Å². The third kappa shape index (κ3) is 1.18. The highest BCUT2D eigenvalue weighted by molar-refractivity contribution is 4.78. The Morgan fingerprint density at radius 1 is 1.71 bits per heavy atom. The quantitative estimate of drug-likeness (QED) is 0.451. The fourth-order valence-corrected chi connectivity index (χ4v) is 0.504. The fraction of sp³-hybridized carbons (Fsp3) is 0.600. The number of allylic oxidation sites excluding steroid dienone is 1. The molecule has 1 nitrogen and oxygen atoms in total. The Morgan fingerprint density at radius 2 is 2.57 bits per heavy atom. The van der Waals surface area contributed by atoms with E-state index in [0.717, 1.165) is 6.42 Å². The van der Waals surface area contributed by atoms with Crippen LogP contribution >= 0.6 is 0 Å². The summed E-state index contributed by atoms with van der Waals surface area (Å²) in [6.07, 6.45) is 3.49. The number of hydrogen-bond donors (Lipinski definition) is 0. The lowest BCUT2D eigenvalue weighted by Gasteiger charge is -2.09. The lowest BCUT2D eigenvalue weighted by atomic mass is 10.3. The van der Waals surface area contributed by atoms with Gasteiger partial charge in [-0.3, -0.25) is 0 Å². The second-order valence-electron chi connectivity index (χ2n) is 1.50. The van der Waals surface area contributed by atoms with Crippen molar-refractivity contribution in [1.29, 1.82) is 0 Å². The maximum Gasteiger partial charge on any atom is 0.237 e. The fourth-order valence-electron chi connectivity index (χ4n) is 0.504. The molecule has 0 fully saturated rings. The zero-order valence-electron chi connectivity index (χ0n) is 3.93. The molecule has 0 saturated carbocycles. The second-order valence-corrected chi connectivity index (χ2v) is 1.50. The Balaban J connectivity index is 2.32. The van der Waals surface area contributed by atoms with Crippen LogP contribution < -0.4 is 0 Å². The van der Waals surface area contributed by atoms with Crippen molar-refractivity contribution in [3.05, 3.63) is 12.3 Å². The van der Waals surface area contributed by atoms with Gasteiger partial charge in [-0.1, -0.05) is 0 Å².